The van der Waals surface area contributed by atoms with Crippen LogP contribution in [-0.4, -0.2) is 49.6 Å². The number of alkyl halides is 3. The average Bonchev–Trinajstić information content (AvgIpc) is 3.58. The first kappa shape index (κ1) is 31.2. The molecule has 5 rings (SSSR count). The number of amidine groups is 1. The zero-order valence-electron chi connectivity index (χ0n) is 24.2. The highest BCUT2D eigenvalue weighted by Crippen LogP contribution is 2.33. The van der Waals surface area contributed by atoms with Gasteiger partial charge in [0.1, 0.15) is 12.1 Å². The molecule has 2 heterocycles. The minimum atomic E-state index is -4.74. The van der Waals surface area contributed by atoms with Gasteiger partial charge in [0.05, 0.1) is 17.1 Å². The van der Waals surface area contributed by atoms with E-state index in [2.05, 4.69) is 37.3 Å². The van der Waals surface area contributed by atoms with Crippen molar-refractivity contribution in [1.82, 2.24) is 20.1 Å². The maximum Gasteiger partial charge on any atom is 0.573 e. The van der Waals surface area contributed by atoms with E-state index in [1.165, 1.54) is 47.0 Å². The molecule has 0 bridgehead atoms. The van der Waals surface area contributed by atoms with Gasteiger partial charge < -0.3 is 10.1 Å². The molecule has 0 saturated carbocycles. The predicted molar refractivity (Wildman–Crippen MR) is 170 cm³/mol. The van der Waals surface area contributed by atoms with Crippen molar-refractivity contribution in [2.24, 2.45) is 4.99 Å². The lowest BCUT2D eigenvalue weighted by molar-refractivity contribution is -0.274. The van der Waals surface area contributed by atoms with Gasteiger partial charge in [-0.15, -0.1) is 18.3 Å². The van der Waals surface area contributed by atoms with Crippen LogP contribution in [0.3, 0.4) is 0 Å². The highest BCUT2D eigenvalue weighted by atomic mass is 32.2. The van der Waals surface area contributed by atoms with Crippen LogP contribution in [0.1, 0.15) is 28.7 Å². The summed E-state index contributed by atoms with van der Waals surface area (Å²) < 4.78 is 42.6. The number of thioether (sulfide) groups is 1. The molecule has 0 atom stereocenters. The molecule has 44 heavy (non-hydrogen) atoms. The van der Waals surface area contributed by atoms with E-state index in [0.717, 1.165) is 46.3 Å². The highest BCUT2D eigenvalue weighted by molar-refractivity contribution is 8.15. The normalized spacial score (nSPS) is 14.4. The Hall–Kier alpha value is -4.23. The number of aromatic nitrogens is 3. The van der Waals surface area contributed by atoms with E-state index < -0.39 is 6.36 Å². The molecule has 0 aliphatic carbocycles. The van der Waals surface area contributed by atoms with Crippen LogP contribution in [0.4, 0.5) is 18.9 Å². The summed E-state index contributed by atoms with van der Waals surface area (Å²) in [5.74, 6) is 0.507. The van der Waals surface area contributed by atoms with Crippen molar-refractivity contribution in [3.05, 3.63) is 89.2 Å². The number of nitrogens with one attached hydrogen (secondary N) is 1. The Kier molecular flexibility index (Phi) is 9.35. The highest BCUT2D eigenvalue weighted by Gasteiger charge is 2.32. The molecule has 1 saturated heterocycles. The van der Waals surface area contributed by atoms with E-state index in [4.69, 9.17) is 12.2 Å². The summed E-state index contributed by atoms with van der Waals surface area (Å²) >= 11 is 6.85. The number of hydrogen-bond acceptors (Lipinski definition) is 6. The SMILES string of the molecule is Cc1cc(C)c(N2C(=O)CSC2=NC(=S)NCCCc2ccc(-c3ncn(-c4ccc(OC(F)(F)F)cc4)n3)cc2)c(C)c1. The first-order chi connectivity index (χ1) is 21.0. The van der Waals surface area contributed by atoms with Crippen LogP contribution in [0.15, 0.2) is 72.0 Å². The third-order valence-electron chi connectivity index (χ3n) is 6.78. The summed E-state index contributed by atoms with van der Waals surface area (Å²) in [7, 11) is 0. The molecule has 0 spiro atoms. The molecule has 1 amide bonds. The molecule has 1 aliphatic rings. The Labute approximate surface area is 262 Å². The van der Waals surface area contributed by atoms with Crippen molar-refractivity contribution in [3.63, 3.8) is 0 Å². The number of aliphatic imine (C=N–C) groups is 1. The number of rotatable bonds is 8. The lowest BCUT2D eigenvalue weighted by Crippen LogP contribution is -2.32. The van der Waals surface area contributed by atoms with Crippen LogP contribution in [-0.2, 0) is 11.2 Å². The Morgan fingerprint density at radius 3 is 2.41 bits per heavy atom. The van der Waals surface area contributed by atoms with E-state index >= 15 is 0 Å². The molecule has 1 fully saturated rings. The maximum atomic E-state index is 12.7. The van der Waals surface area contributed by atoms with Gasteiger partial charge in [-0.05, 0) is 86.8 Å². The van der Waals surface area contributed by atoms with Crippen molar-refractivity contribution >= 4 is 45.9 Å². The van der Waals surface area contributed by atoms with E-state index in [0.29, 0.717) is 34.1 Å². The number of nitrogens with zero attached hydrogens (tertiary/aromatic N) is 5. The monoisotopic (exact) mass is 638 g/mol. The molecular weight excluding hydrogens is 610 g/mol. The van der Waals surface area contributed by atoms with Gasteiger partial charge in [-0.25, -0.2) is 9.67 Å². The summed E-state index contributed by atoms with van der Waals surface area (Å²) in [5, 5.41) is 8.55. The number of ether oxygens (including phenoxy) is 1. The van der Waals surface area contributed by atoms with E-state index in [1.54, 1.807) is 4.90 Å². The first-order valence-corrected chi connectivity index (χ1v) is 15.1. The van der Waals surface area contributed by atoms with Crippen LogP contribution in [0.5, 0.6) is 5.75 Å². The molecule has 1 N–H and O–H groups in total. The van der Waals surface area contributed by atoms with Gasteiger partial charge in [0, 0.05) is 12.1 Å². The quantitative estimate of drug-likeness (QED) is 0.170. The smallest absolute Gasteiger partial charge is 0.406 e. The topological polar surface area (TPSA) is 84.6 Å². The number of amides is 1. The Bertz CT molecular complexity index is 1680. The number of carbonyl (C=O) groups is 1. The first-order valence-electron chi connectivity index (χ1n) is 13.7. The Morgan fingerprint density at radius 2 is 1.75 bits per heavy atom. The fraction of sp³-hybridized carbons (Fsp3) is 0.258. The van der Waals surface area contributed by atoms with Crippen LogP contribution in [0.25, 0.3) is 17.1 Å². The largest absolute Gasteiger partial charge is 0.573 e. The second kappa shape index (κ2) is 13.2. The molecule has 8 nitrogen and oxygen atoms in total. The molecule has 1 aromatic heterocycles. The summed E-state index contributed by atoms with van der Waals surface area (Å²) in [5.41, 5.74) is 6.54. The number of anilines is 1. The molecule has 4 aromatic rings. The van der Waals surface area contributed by atoms with Crippen LogP contribution in [0.2, 0.25) is 0 Å². The molecule has 0 unspecified atom stereocenters. The minimum absolute atomic E-state index is 0.00867. The summed E-state index contributed by atoms with van der Waals surface area (Å²) in [6, 6.07) is 17.4. The van der Waals surface area contributed by atoms with E-state index in [1.807, 2.05) is 45.0 Å². The van der Waals surface area contributed by atoms with Crippen LogP contribution < -0.4 is 15.0 Å². The van der Waals surface area contributed by atoms with Crippen molar-refractivity contribution in [3.8, 4) is 22.8 Å². The number of benzene rings is 3. The average molecular weight is 639 g/mol. The Morgan fingerprint density at radius 1 is 1.07 bits per heavy atom. The zero-order chi connectivity index (χ0) is 31.4. The van der Waals surface area contributed by atoms with E-state index in [9.17, 15) is 18.0 Å². The van der Waals surface area contributed by atoms with Gasteiger partial charge in [-0.3, -0.25) is 9.69 Å². The number of carbonyl (C=O) groups excluding carboxylic acids is 1. The van der Waals surface area contributed by atoms with Crippen LogP contribution >= 0.6 is 24.0 Å². The fourth-order valence-electron chi connectivity index (χ4n) is 4.94. The molecule has 13 heteroatoms. The number of hydrogen-bond donors (Lipinski definition) is 1. The molecule has 228 valence electrons. The van der Waals surface area contributed by atoms with Gasteiger partial charge in [-0.2, -0.15) is 4.99 Å². The lowest BCUT2D eigenvalue weighted by atomic mass is 10.0. The van der Waals surface area contributed by atoms with Gasteiger partial charge in [-0.1, -0.05) is 53.7 Å². The molecule has 1 aliphatic heterocycles. The van der Waals surface area contributed by atoms with Gasteiger partial charge in [0.2, 0.25) is 5.91 Å². The molecular formula is C31H29F3N6O2S2. The van der Waals surface area contributed by atoms with Crippen molar-refractivity contribution < 1.29 is 22.7 Å². The second-order valence-electron chi connectivity index (χ2n) is 10.2. The molecule has 3 aromatic carbocycles. The summed E-state index contributed by atoms with van der Waals surface area (Å²) in [6.45, 7) is 6.65. The number of aryl methyl sites for hydroxylation is 4. The predicted octanol–water partition coefficient (Wildman–Crippen LogP) is 6.70. The third kappa shape index (κ3) is 7.64. The Balaban J connectivity index is 1.13. The number of halogens is 3. The summed E-state index contributed by atoms with van der Waals surface area (Å²) in [4.78, 5) is 23.3. The van der Waals surface area contributed by atoms with Crippen LogP contribution in [0, 0.1) is 20.8 Å². The maximum absolute atomic E-state index is 12.7. The molecule has 0 radical (unpaired) electrons. The van der Waals surface area contributed by atoms with Gasteiger partial charge >= 0.3 is 6.36 Å². The fourth-order valence-corrected chi connectivity index (χ4v) is 6.05. The third-order valence-corrected chi connectivity index (χ3v) is 7.94. The van der Waals surface area contributed by atoms with Crippen molar-refractivity contribution in [1.29, 1.82) is 0 Å². The van der Waals surface area contributed by atoms with Gasteiger partial charge in [0.25, 0.3) is 0 Å². The number of thiocarbonyl (C=S) groups is 1. The van der Waals surface area contributed by atoms with Crippen molar-refractivity contribution in [2.75, 3.05) is 17.2 Å². The lowest BCUT2D eigenvalue weighted by Gasteiger charge is -2.21. The van der Waals surface area contributed by atoms with Gasteiger partial charge in [0.15, 0.2) is 16.1 Å². The van der Waals surface area contributed by atoms with E-state index in [-0.39, 0.29) is 11.7 Å². The second-order valence-corrected chi connectivity index (χ2v) is 11.6. The van der Waals surface area contributed by atoms with Crippen molar-refractivity contribution in [2.45, 2.75) is 40.0 Å². The summed E-state index contributed by atoms with van der Waals surface area (Å²) in [6.07, 6.45) is -1.62. The minimum Gasteiger partial charge on any atom is -0.406 e. The standard InChI is InChI=1S/C31H29F3N6O2S2/c1-19-15-20(2)27(21(3)16-19)40-26(41)17-44-30(40)37-29(43)35-14-4-5-22-6-8-23(9-7-22)28-36-18-39(38-28)24-10-12-25(13-11-24)42-31(32,33)34/h6-13,15-16,18H,4-5,14,17H2,1-3H3,(H,35,43). The zero-order valence-corrected chi connectivity index (χ0v) is 25.8.